The van der Waals surface area contributed by atoms with Crippen LogP contribution in [0.1, 0.15) is 12.8 Å². The number of rotatable bonds is 7. The molecule has 0 bridgehead atoms. The summed E-state index contributed by atoms with van der Waals surface area (Å²) in [5.74, 6) is -1.32. The van der Waals surface area contributed by atoms with Crippen molar-refractivity contribution in [1.82, 2.24) is 10.4 Å². The van der Waals surface area contributed by atoms with E-state index in [1.807, 2.05) is 60.7 Å². The van der Waals surface area contributed by atoms with Gasteiger partial charge in [-0.1, -0.05) is 36.4 Å². The summed E-state index contributed by atoms with van der Waals surface area (Å²) in [7, 11) is 0. The van der Waals surface area contributed by atoms with Crippen LogP contribution < -0.4 is 19.5 Å². The molecule has 1 fully saturated rings. The highest BCUT2D eigenvalue weighted by Crippen LogP contribution is 2.45. The molecular formula is C19H22F3N2O4PS. The van der Waals surface area contributed by atoms with Gasteiger partial charge in [0.25, 0.3) is 0 Å². The van der Waals surface area contributed by atoms with E-state index in [0.717, 1.165) is 31.0 Å². The maximum Gasteiger partial charge on any atom is 0.490 e. The minimum atomic E-state index is -5.08. The minimum absolute atomic E-state index is 0.427. The van der Waals surface area contributed by atoms with Gasteiger partial charge in [-0.2, -0.15) is 13.2 Å². The van der Waals surface area contributed by atoms with Crippen molar-refractivity contribution >= 4 is 24.4 Å². The van der Waals surface area contributed by atoms with Gasteiger partial charge in [0.2, 0.25) is 0 Å². The molecular weight excluding hydrogens is 440 g/mol. The molecule has 1 heterocycles. The highest BCUT2D eigenvalue weighted by atomic mass is 32.5. The molecule has 3 N–H and O–H groups in total. The largest absolute Gasteiger partial charge is 0.490 e. The molecule has 3 rings (SSSR count). The van der Waals surface area contributed by atoms with E-state index in [4.69, 9.17) is 30.8 Å². The first kappa shape index (κ1) is 24.1. The van der Waals surface area contributed by atoms with Gasteiger partial charge < -0.3 is 19.5 Å². The first-order chi connectivity index (χ1) is 14.2. The highest BCUT2D eigenvalue weighted by molar-refractivity contribution is 8.09. The van der Waals surface area contributed by atoms with Crippen LogP contribution in [0.3, 0.4) is 0 Å². The fraction of sp³-hybridized carbons (Fsp3) is 0.316. The van der Waals surface area contributed by atoms with E-state index >= 15 is 0 Å². The van der Waals surface area contributed by atoms with Crippen LogP contribution in [-0.4, -0.2) is 36.4 Å². The number of aliphatic carboxylic acids is 1. The van der Waals surface area contributed by atoms with E-state index in [1.54, 1.807) is 0 Å². The second-order valence-electron chi connectivity index (χ2n) is 6.26. The van der Waals surface area contributed by atoms with Crippen LogP contribution in [-0.2, 0) is 16.6 Å². The summed E-state index contributed by atoms with van der Waals surface area (Å²) >= 11 is 5.73. The Morgan fingerprint density at radius 2 is 1.57 bits per heavy atom. The summed E-state index contributed by atoms with van der Waals surface area (Å²) in [6.07, 6.45) is -2.73. The molecule has 0 radical (unpaired) electrons. The van der Waals surface area contributed by atoms with E-state index < -0.39 is 18.8 Å². The molecule has 2 aromatic rings. The van der Waals surface area contributed by atoms with Gasteiger partial charge in [0.1, 0.15) is 11.5 Å². The van der Waals surface area contributed by atoms with E-state index in [-0.39, 0.29) is 0 Å². The van der Waals surface area contributed by atoms with Crippen LogP contribution in [0, 0.1) is 0 Å². The molecule has 30 heavy (non-hydrogen) atoms. The molecule has 0 amide bonds. The number of halogens is 3. The van der Waals surface area contributed by atoms with E-state index in [2.05, 4.69) is 10.4 Å². The van der Waals surface area contributed by atoms with Crippen molar-refractivity contribution in [1.29, 1.82) is 0 Å². The molecule has 1 atom stereocenters. The Hall–Kier alpha value is -2.13. The van der Waals surface area contributed by atoms with Crippen molar-refractivity contribution < 1.29 is 32.1 Å². The maximum absolute atomic E-state index is 10.6. The average Bonchev–Trinajstić information content (AvgIpc) is 3.21. The number of carboxylic acids is 1. The summed E-state index contributed by atoms with van der Waals surface area (Å²) in [5, 5.41) is 13.9. The number of hydrogen-bond acceptors (Lipinski definition) is 5. The van der Waals surface area contributed by atoms with Crippen molar-refractivity contribution in [2.24, 2.45) is 0 Å². The van der Waals surface area contributed by atoms with E-state index in [0.29, 0.717) is 6.04 Å². The van der Waals surface area contributed by atoms with Gasteiger partial charge in [-0.25, -0.2) is 9.88 Å². The normalized spacial score (nSPS) is 16.3. The molecule has 1 aliphatic rings. The molecule has 11 heteroatoms. The summed E-state index contributed by atoms with van der Waals surface area (Å²) in [5.41, 5.74) is 0. The third-order valence-corrected chi connectivity index (χ3v) is 6.18. The Morgan fingerprint density at radius 3 is 1.93 bits per heavy atom. The predicted octanol–water partition coefficient (Wildman–Crippen LogP) is 4.34. The van der Waals surface area contributed by atoms with Crippen molar-refractivity contribution in [3.63, 3.8) is 0 Å². The number of alkyl halides is 3. The lowest BCUT2D eigenvalue weighted by atomic mass is 10.2. The smallest absolute Gasteiger partial charge is 0.475 e. The molecule has 1 saturated heterocycles. The number of hydrogen-bond donors (Lipinski definition) is 3. The Bertz CT molecular complexity index is 789. The fourth-order valence-electron chi connectivity index (χ4n) is 2.48. The Balaban J connectivity index is 0.000000396. The first-order valence-electron chi connectivity index (χ1n) is 9.06. The van der Waals surface area contributed by atoms with E-state index in [9.17, 15) is 13.2 Å². The fourth-order valence-corrected chi connectivity index (χ4v) is 4.63. The molecule has 2 aromatic carbocycles. The van der Waals surface area contributed by atoms with Gasteiger partial charge in [-0.3, -0.25) is 0 Å². The van der Waals surface area contributed by atoms with Gasteiger partial charge in [-0.15, -0.1) is 0 Å². The Labute approximate surface area is 177 Å². The number of para-hydroxylation sites is 2. The maximum atomic E-state index is 10.6. The summed E-state index contributed by atoms with van der Waals surface area (Å²) < 4.78 is 43.8. The zero-order valence-corrected chi connectivity index (χ0v) is 17.6. The van der Waals surface area contributed by atoms with Crippen LogP contribution >= 0.6 is 6.64 Å². The van der Waals surface area contributed by atoms with Crippen LogP contribution in [0.15, 0.2) is 60.7 Å². The summed E-state index contributed by atoms with van der Waals surface area (Å²) in [6.45, 7) is -0.862. The Kier molecular flexibility index (Phi) is 9.10. The number of nitrogens with one attached hydrogen (secondary N) is 2. The van der Waals surface area contributed by atoms with Crippen LogP contribution in [0.2, 0.25) is 0 Å². The van der Waals surface area contributed by atoms with Crippen molar-refractivity contribution in [3.05, 3.63) is 60.7 Å². The molecule has 0 unspecified atom stereocenters. The van der Waals surface area contributed by atoms with Crippen LogP contribution in [0.4, 0.5) is 13.2 Å². The molecule has 0 spiro atoms. The molecule has 1 aliphatic heterocycles. The third-order valence-electron chi connectivity index (χ3n) is 3.87. The van der Waals surface area contributed by atoms with Crippen molar-refractivity contribution in [3.8, 4) is 11.5 Å². The van der Waals surface area contributed by atoms with E-state index in [1.165, 1.54) is 6.42 Å². The van der Waals surface area contributed by atoms with Crippen molar-refractivity contribution in [2.45, 2.75) is 25.1 Å². The SMILES string of the molecule is O=C(O)C(F)(F)F.S=P(NC[C@@H]1CCCN1)(Oc1ccccc1)Oc1ccccc1. The predicted molar refractivity (Wildman–Crippen MR) is 111 cm³/mol. The van der Waals surface area contributed by atoms with Gasteiger partial charge in [0.05, 0.1) is 0 Å². The van der Waals surface area contributed by atoms with Crippen LogP contribution in [0.25, 0.3) is 0 Å². The second-order valence-corrected chi connectivity index (χ2v) is 9.38. The molecule has 6 nitrogen and oxygen atoms in total. The molecule has 0 aliphatic carbocycles. The lowest BCUT2D eigenvalue weighted by molar-refractivity contribution is -0.192. The van der Waals surface area contributed by atoms with Gasteiger partial charge in [-0.05, 0) is 43.7 Å². The standard InChI is InChI=1S/C17H21N2O2PS.C2HF3O2/c23-22(19-14-15-8-7-13-18-15,20-16-9-3-1-4-10-16)21-17-11-5-2-6-12-17;3-2(4,5)1(6)7/h1-6,9-12,15,18H,7-8,13-14H2,(H,19,23);(H,6,7)/t15-;/m0./s1. The molecule has 164 valence electrons. The lowest BCUT2D eigenvalue weighted by Gasteiger charge is -2.25. The van der Waals surface area contributed by atoms with Gasteiger partial charge in [0.15, 0.2) is 0 Å². The summed E-state index contributed by atoms with van der Waals surface area (Å²) in [6, 6.07) is 19.6. The van der Waals surface area contributed by atoms with Crippen molar-refractivity contribution in [2.75, 3.05) is 13.1 Å². The quantitative estimate of drug-likeness (QED) is 0.528. The molecule has 0 saturated carbocycles. The number of carboxylic acid groups (broad SMARTS) is 1. The number of benzene rings is 2. The zero-order chi connectivity index (χ0) is 22.0. The first-order valence-corrected chi connectivity index (χ1v) is 11.7. The number of carbonyl (C=O) groups is 1. The topological polar surface area (TPSA) is 79.8 Å². The molecule has 0 aromatic heterocycles. The minimum Gasteiger partial charge on any atom is -0.475 e. The highest BCUT2D eigenvalue weighted by Gasteiger charge is 2.38. The Morgan fingerprint density at radius 1 is 1.10 bits per heavy atom. The third kappa shape index (κ3) is 8.71. The van der Waals surface area contributed by atoms with Gasteiger partial charge >= 0.3 is 18.8 Å². The second kappa shape index (κ2) is 11.3. The monoisotopic (exact) mass is 462 g/mol. The average molecular weight is 462 g/mol. The van der Waals surface area contributed by atoms with Gasteiger partial charge in [0, 0.05) is 24.4 Å². The summed E-state index contributed by atoms with van der Waals surface area (Å²) in [4.78, 5) is 8.90. The zero-order valence-electron chi connectivity index (χ0n) is 15.8. The lowest BCUT2D eigenvalue weighted by Crippen LogP contribution is -2.34. The van der Waals surface area contributed by atoms with Crippen LogP contribution in [0.5, 0.6) is 11.5 Å².